The van der Waals surface area contributed by atoms with E-state index < -0.39 is 11.6 Å². The van der Waals surface area contributed by atoms with Crippen LogP contribution in [0.5, 0.6) is 0 Å². The standard InChI is InChI=1S/C14H11Cl2N3O3/c1-14(8-2-3-10(15)11(16)6-8)12(20)19(13(21)17-14)7-9-4-5-22-18-9/h2-6H,7H2,1H3,(H,17,21). The minimum absolute atomic E-state index is 0.0398. The first-order valence-electron chi connectivity index (χ1n) is 6.41. The second-order valence-electron chi connectivity index (χ2n) is 5.07. The molecule has 0 spiro atoms. The number of urea groups is 1. The zero-order valence-electron chi connectivity index (χ0n) is 11.5. The van der Waals surface area contributed by atoms with E-state index in [1.54, 1.807) is 31.2 Å². The van der Waals surface area contributed by atoms with Crippen LogP contribution in [-0.2, 0) is 16.9 Å². The fourth-order valence-corrected chi connectivity index (χ4v) is 2.62. The number of amides is 3. The molecule has 1 aliphatic heterocycles. The molecule has 22 heavy (non-hydrogen) atoms. The van der Waals surface area contributed by atoms with Crippen molar-refractivity contribution in [2.24, 2.45) is 0 Å². The molecule has 1 aromatic carbocycles. The van der Waals surface area contributed by atoms with Gasteiger partial charge in [-0.1, -0.05) is 34.4 Å². The maximum Gasteiger partial charge on any atom is 0.325 e. The molecule has 3 amide bonds. The first-order valence-corrected chi connectivity index (χ1v) is 7.16. The number of nitrogens with zero attached hydrogens (tertiary/aromatic N) is 2. The summed E-state index contributed by atoms with van der Waals surface area (Å²) in [5.41, 5.74) is -0.153. The summed E-state index contributed by atoms with van der Waals surface area (Å²) in [4.78, 5) is 25.9. The largest absolute Gasteiger partial charge is 0.364 e. The van der Waals surface area contributed by atoms with E-state index in [1.165, 1.54) is 6.26 Å². The second-order valence-corrected chi connectivity index (χ2v) is 5.88. The third-order valence-corrected chi connectivity index (χ3v) is 4.32. The van der Waals surface area contributed by atoms with Crippen LogP contribution in [-0.4, -0.2) is 22.0 Å². The SMILES string of the molecule is CC1(c2ccc(Cl)c(Cl)c2)NC(=O)N(Cc2ccon2)C1=O. The fraction of sp³-hybridized carbons (Fsp3) is 0.214. The van der Waals surface area contributed by atoms with Crippen LogP contribution in [0.2, 0.25) is 10.0 Å². The summed E-state index contributed by atoms with van der Waals surface area (Å²) < 4.78 is 4.71. The first kappa shape index (κ1) is 14.9. The van der Waals surface area contributed by atoms with Crippen molar-refractivity contribution in [3.8, 4) is 0 Å². The van der Waals surface area contributed by atoms with Gasteiger partial charge in [-0.2, -0.15) is 0 Å². The van der Waals surface area contributed by atoms with Gasteiger partial charge in [0, 0.05) is 6.07 Å². The van der Waals surface area contributed by atoms with Crippen molar-refractivity contribution in [3.05, 3.63) is 51.8 Å². The molecule has 0 saturated carbocycles. The number of rotatable bonds is 3. The normalized spacial score (nSPS) is 21.3. The van der Waals surface area contributed by atoms with Crippen LogP contribution in [0.4, 0.5) is 4.79 Å². The lowest BCUT2D eigenvalue weighted by Crippen LogP contribution is -2.40. The molecule has 6 nitrogen and oxygen atoms in total. The molecule has 1 fully saturated rings. The van der Waals surface area contributed by atoms with Crippen LogP contribution < -0.4 is 5.32 Å². The van der Waals surface area contributed by atoms with Crippen LogP contribution >= 0.6 is 23.2 Å². The smallest absolute Gasteiger partial charge is 0.325 e. The van der Waals surface area contributed by atoms with Gasteiger partial charge < -0.3 is 9.84 Å². The van der Waals surface area contributed by atoms with Gasteiger partial charge in [-0.15, -0.1) is 0 Å². The highest BCUT2D eigenvalue weighted by atomic mass is 35.5. The predicted molar refractivity (Wildman–Crippen MR) is 79.4 cm³/mol. The van der Waals surface area contributed by atoms with Gasteiger partial charge in [-0.25, -0.2) is 4.79 Å². The van der Waals surface area contributed by atoms with Crippen molar-refractivity contribution < 1.29 is 14.1 Å². The summed E-state index contributed by atoms with van der Waals surface area (Å²) in [6.45, 7) is 1.66. The van der Waals surface area contributed by atoms with Crippen LogP contribution in [0.1, 0.15) is 18.2 Å². The topological polar surface area (TPSA) is 75.4 Å². The molecule has 0 radical (unpaired) electrons. The minimum Gasteiger partial charge on any atom is -0.364 e. The minimum atomic E-state index is -1.20. The fourth-order valence-electron chi connectivity index (χ4n) is 2.32. The van der Waals surface area contributed by atoms with E-state index in [9.17, 15) is 9.59 Å². The number of hydrogen-bond acceptors (Lipinski definition) is 4. The van der Waals surface area contributed by atoms with Gasteiger partial charge in [0.2, 0.25) is 0 Å². The molecule has 2 heterocycles. The Labute approximate surface area is 136 Å². The molecule has 2 aromatic rings. The molecule has 3 rings (SSSR count). The van der Waals surface area contributed by atoms with Gasteiger partial charge >= 0.3 is 6.03 Å². The van der Waals surface area contributed by atoms with Crippen LogP contribution in [0.25, 0.3) is 0 Å². The molecule has 1 N–H and O–H groups in total. The first-order chi connectivity index (χ1) is 10.4. The van der Waals surface area contributed by atoms with E-state index in [0.717, 1.165) is 4.90 Å². The Balaban J connectivity index is 1.93. The Morgan fingerprint density at radius 2 is 2.05 bits per heavy atom. The Morgan fingerprint density at radius 1 is 1.27 bits per heavy atom. The Kier molecular flexibility index (Phi) is 3.58. The summed E-state index contributed by atoms with van der Waals surface area (Å²) >= 11 is 11.9. The monoisotopic (exact) mass is 339 g/mol. The molecule has 0 bridgehead atoms. The number of benzene rings is 1. The van der Waals surface area contributed by atoms with Crippen molar-refractivity contribution in [1.29, 1.82) is 0 Å². The molecule has 1 atom stereocenters. The summed E-state index contributed by atoms with van der Waals surface area (Å²) in [5, 5.41) is 7.09. The summed E-state index contributed by atoms with van der Waals surface area (Å²) in [5.74, 6) is -0.390. The zero-order valence-corrected chi connectivity index (χ0v) is 13.0. The quantitative estimate of drug-likeness (QED) is 0.872. The van der Waals surface area contributed by atoms with Crippen LogP contribution in [0.15, 0.2) is 35.1 Å². The van der Waals surface area contributed by atoms with E-state index in [4.69, 9.17) is 27.7 Å². The number of carbonyl (C=O) groups is 2. The highest BCUT2D eigenvalue weighted by molar-refractivity contribution is 6.42. The summed E-state index contributed by atoms with van der Waals surface area (Å²) in [6, 6.07) is 5.91. The highest BCUT2D eigenvalue weighted by Gasteiger charge is 2.49. The van der Waals surface area contributed by atoms with Gasteiger partial charge in [0.25, 0.3) is 5.91 Å². The van der Waals surface area contributed by atoms with Crippen molar-refractivity contribution >= 4 is 35.1 Å². The van der Waals surface area contributed by atoms with Crippen LogP contribution in [0, 0.1) is 0 Å². The predicted octanol–water partition coefficient (Wildman–Crippen LogP) is 2.95. The zero-order chi connectivity index (χ0) is 15.9. The summed E-state index contributed by atoms with van der Waals surface area (Å²) in [6.07, 6.45) is 1.38. The highest BCUT2D eigenvalue weighted by Crippen LogP contribution is 2.33. The molecular weight excluding hydrogens is 329 g/mol. The molecule has 1 aromatic heterocycles. The Morgan fingerprint density at radius 3 is 2.68 bits per heavy atom. The lowest BCUT2D eigenvalue weighted by molar-refractivity contribution is -0.131. The lowest BCUT2D eigenvalue weighted by atomic mass is 9.92. The summed E-state index contributed by atoms with van der Waals surface area (Å²) in [7, 11) is 0. The molecular formula is C14H11Cl2N3O3. The van der Waals surface area contributed by atoms with E-state index in [1.807, 2.05) is 0 Å². The Bertz CT molecular complexity index is 748. The number of carbonyl (C=O) groups excluding carboxylic acids is 2. The second kappa shape index (κ2) is 5.30. The molecule has 114 valence electrons. The lowest BCUT2D eigenvalue weighted by Gasteiger charge is -2.22. The van der Waals surface area contributed by atoms with Crippen molar-refractivity contribution in [1.82, 2.24) is 15.4 Å². The van der Waals surface area contributed by atoms with Gasteiger partial charge in [-0.05, 0) is 24.6 Å². The maximum absolute atomic E-state index is 12.7. The molecule has 1 unspecified atom stereocenters. The molecule has 8 heteroatoms. The molecule has 1 saturated heterocycles. The average Bonchev–Trinajstić information content (AvgIpc) is 3.06. The van der Waals surface area contributed by atoms with E-state index in [2.05, 4.69) is 10.5 Å². The van der Waals surface area contributed by atoms with E-state index >= 15 is 0 Å². The van der Waals surface area contributed by atoms with Gasteiger partial charge in [0.1, 0.15) is 17.5 Å². The van der Waals surface area contributed by atoms with Crippen LogP contribution in [0.3, 0.4) is 0 Å². The number of nitrogens with one attached hydrogen (secondary N) is 1. The van der Waals surface area contributed by atoms with Gasteiger partial charge in [0.05, 0.1) is 16.6 Å². The van der Waals surface area contributed by atoms with E-state index in [0.29, 0.717) is 21.3 Å². The number of hydrogen-bond donors (Lipinski definition) is 1. The molecule has 0 aliphatic carbocycles. The number of imide groups is 1. The van der Waals surface area contributed by atoms with Gasteiger partial charge in [0.15, 0.2) is 0 Å². The maximum atomic E-state index is 12.7. The van der Waals surface area contributed by atoms with Crippen molar-refractivity contribution in [2.45, 2.75) is 19.0 Å². The van der Waals surface area contributed by atoms with E-state index in [-0.39, 0.29) is 12.5 Å². The number of halogens is 2. The van der Waals surface area contributed by atoms with Gasteiger partial charge in [-0.3, -0.25) is 9.69 Å². The molecule has 1 aliphatic rings. The van der Waals surface area contributed by atoms with Crippen molar-refractivity contribution in [2.75, 3.05) is 0 Å². The number of aromatic nitrogens is 1. The third kappa shape index (κ3) is 2.34. The third-order valence-electron chi connectivity index (χ3n) is 3.58. The Hall–Kier alpha value is -2.05. The average molecular weight is 340 g/mol. The van der Waals surface area contributed by atoms with Crippen molar-refractivity contribution in [3.63, 3.8) is 0 Å².